The Labute approximate surface area is 130 Å². The third kappa shape index (κ3) is 5.46. The number of carbonyl (C=O) groups is 1. The molecule has 0 fully saturated rings. The van der Waals surface area contributed by atoms with E-state index in [0.717, 1.165) is 5.56 Å². The molecule has 22 heavy (non-hydrogen) atoms. The van der Waals surface area contributed by atoms with E-state index in [-0.39, 0.29) is 6.03 Å². The second-order valence-electron chi connectivity index (χ2n) is 4.66. The first kappa shape index (κ1) is 15.9. The summed E-state index contributed by atoms with van der Waals surface area (Å²) in [5.41, 5.74) is 1.73. The van der Waals surface area contributed by atoms with E-state index in [0.29, 0.717) is 31.2 Å². The first-order valence-electron chi connectivity index (χ1n) is 7.08. The Kier molecular flexibility index (Phi) is 6.26. The van der Waals surface area contributed by atoms with Crippen molar-refractivity contribution in [3.63, 3.8) is 0 Å². The minimum Gasteiger partial charge on any atom is -0.491 e. The molecule has 2 amide bonds. The zero-order chi connectivity index (χ0) is 15.6. The number of methoxy groups -OCH3 is 1. The molecule has 5 nitrogen and oxygen atoms in total. The number of ether oxygens (including phenoxy) is 2. The fourth-order valence-corrected chi connectivity index (χ4v) is 1.86. The van der Waals surface area contributed by atoms with Crippen LogP contribution in [-0.4, -0.2) is 26.4 Å². The Bertz CT molecular complexity index is 587. The van der Waals surface area contributed by atoms with Crippen LogP contribution in [-0.2, 0) is 11.3 Å². The molecule has 5 heteroatoms. The Morgan fingerprint density at radius 3 is 2.64 bits per heavy atom. The van der Waals surface area contributed by atoms with Gasteiger partial charge in [-0.25, -0.2) is 4.79 Å². The molecule has 0 aliphatic rings. The molecule has 0 radical (unpaired) electrons. The van der Waals surface area contributed by atoms with E-state index < -0.39 is 0 Å². The number of rotatable bonds is 7. The molecule has 0 aliphatic carbocycles. The summed E-state index contributed by atoms with van der Waals surface area (Å²) in [6.45, 7) is 1.48. The first-order chi connectivity index (χ1) is 10.8. The second kappa shape index (κ2) is 8.69. The molecule has 0 spiro atoms. The van der Waals surface area contributed by atoms with Crippen LogP contribution in [0.4, 0.5) is 10.5 Å². The molecule has 0 heterocycles. The molecular formula is C17H20N2O3. The highest BCUT2D eigenvalue weighted by molar-refractivity contribution is 5.89. The van der Waals surface area contributed by atoms with Gasteiger partial charge in [-0.05, 0) is 17.7 Å². The van der Waals surface area contributed by atoms with E-state index in [1.165, 1.54) is 0 Å². The van der Waals surface area contributed by atoms with Crippen LogP contribution in [0.2, 0.25) is 0 Å². The lowest BCUT2D eigenvalue weighted by Crippen LogP contribution is -2.28. The van der Waals surface area contributed by atoms with Gasteiger partial charge in [-0.15, -0.1) is 0 Å². The Balaban J connectivity index is 1.82. The van der Waals surface area contributed by atoms with Crippen LogP contribution in [0.1, 0.15) is 5.56 Å². The van der Waals surface area contributed by atoms with Gasteiger partial charge in [0.2, 0.25) is 0 Å². The maximum atomic E-state index is 11.9. The Hall–Kier alpha value is -2.53. The van der Waals surface area contributed by atoms with E-state index in [4.69, 9.17) is 9.47 Å². The van der Waals surface area contributed by atoms with Crippen LogP contribution in [0, 0.1) is 0 Å². The summed E-state index contributed by atoms with van der Waals surface area (Å²) in [7, 11) is 1.62. The van der Waals surface area contributed by atoms with Gasteiger partial charge in [0.25, 0.3) is 0 Å². The quantitative estimate of drug-likeness (QED) is 0.773. The SMILES string of the molecule is COCCOc1cccc(NC(=O)NCc2ccccc2)c1. The van der Waals surface area contributed by atoms with Crippen LogP contribution >= 0.6 is 0 Å². The van der Waals surface area contributed by atoms with Crippen molar-refractivity contribution in [2.75, 3.05) is 25.6 Å². The van der Waals surface area contributed by atoms with Crippen molar-refractivity contribution in [3.8, 4) is 5.75 Å². The molecule has 2 rings (SSSR count). The Morgan fingerprint density at radius 2 is 1.86 bits per heavy atom. The summed E-state index contributed by atoms with van der Waals surface area (Å²) >= 11 is 0. The van der Waals surface area contributed by atoms with Gasteiger partial charge in [0.05, 0.1) is 6.61 Å². The molecule has 2 aromatic rings. The second-order valence-corrected chi connectivity index (χ2v) is 4.66. The monoisotopic (exact) mass is 300 g/mol. The molecule has 2 N–H and O–H groups in total. The van der Waals surface area contributed by atoms with E-state index in [9.17, 15) is 4.79 Å². The molecule has 0 atom stereocenters. The van der Waals surface area contributed by atoms with Crippen molar-refractivity contribution in [1.29, 1.82) is 0 Å². The molecule has 0 aromatic heterocycles. The average molecular weight is 300 g/mol. The van der Waals surface area contributed by atoms with Gasteiger partial charge in [-0.1, -0.05) is 36.4 Å². The predicted octanol–water partition coefficient (Wildman–Crippen LogP) is 3.03. The van der Waals surface area contributed by atoms with E-state index >= 15 is 0 Å². The lowest BCUT2D eigenvalue weighted by atomic mass is 10.2. The number of anilines is 1. The van der Waals surface area contributed by atoms with Crippen LogP contribution in [0.15, 0.2) is 54.6 Å². The summed E-state index contributed by atoms with van der Waals surface area (Å²) in [5.74, 6) is 0.693. The molecule has 2 aromatic carbocycles. The van der Waals surface area contributed by atoms with Crippen molar-refractivity contribution in [2.45, 2.75) is 6.54 Å². The predicted molar refractivity (Wildman–Crippen MR) is 86.1 cm³/mol. The summed E-state index contributed by atoms with van der Waals surface area (Å²) in [6, 6.07) is 16.7. The number of hydrogen-bond donors (Lipinski definition) is 2. The van der Waals surface area contributed by atoms with Crippen LogP contribution in [0.3, 0.4) is 0 Å². The Morgan fingerprint density at radius 1 is 1.05 bits per heavy atom. The van der Waals surface area contributed by atoms with Gasteiger partial charge in [0.15, 0.2) is 0 Å². The fraction of sp³-hybridized carbons (Fsp3) is 0.235. The zero-order valence-electron chi connectivity index (χ0n) is 12.5. The van der Waals surface area contributed by atoms with Crippen molar-refractivity contribution < 1.29 is 14.3 Å². The molecular weight excluding hydrogens is 280 g/mol. The lowest BCUT2D eigenvalue weighted by Gasteiger charge is -2.10. The highest BCUT2D eigenvalue weighted by Gasteiger charge is 2.03. The summed E-state index contributed by atoms with van der Waals surface area (Å²) in [6.07, 6.45) is 0. The first-order valence-corrected chi connectivity index (χ1v) is 7.08. The van der Waals surface area contributed by atoms with Crippen LogP contribution in [0.25, 0.3) is 0 Å². The maximum Gasteiger partial charge on any atom is 0.319 e. The summed E-state index contributed by atoms with van der Waals surface area (Å²) in [5, 5.41) is 5.59. The van der Waals surface area contributed by atoms with Crippen molar-refractivity contribution in [2.24, 2.45) is 0 Å². The standard InChI is InChI=1S/C17H20N2O3/c1-21-10-11-22-16-9-5-8-15(12-16)19-17(20)18-13-14-6-3-2-4-7-14/h2-9,12H,10-11,13H2,1H3,(H2,18,19,20). The van der Waals surface area contributed by atoms with Crippen molar-refractivity contribution >= 4 is 11.7 Å². The van der Waals surface area contributed by atoms with E-state index in [1.54, 1.807) is 13.2 Å². The molecule has 116 valence electrons. The molecule has 0 unspecified atom stereocenters. The number of benzene rings is 2. The molecule has 0 saturated heterocycles. The van der Waals surface area contributed by atoms with E-state index in [2.05, 4.69) is 10.6 Å². The summed E-state index contributed by atoms with van der Waals surface area (Å²) < 4.78 is 10.4. The minimum atomic E-state index is -0.252. The number of carbonyl (C=O) groups excluding carboxylic acids is 1. The van der Waals surface area contributed by atoms with Gasteiger partial charge in [-0.3, -0.25) is 0 Å². The number of hydrogen-bond acceptors (Lipinski definition) is 3. The minimum absolute atomic E-state index is 0.252. The molecule has 0 bridgehead atoms. The summed E-state index contributed by atoms with van der Waals surface area (Å²) in [4.78, 5) is 11.9. The largest absolute Gasteiger partial charge is 0.491 e. The zero-order valence-corrected chi connectivity index (χ0v) is 12.5. The maximum absolute atomic E-state index is 11.9. The molecule has 0 saturated carbocycles. The van der Waals surface area contributed by atoms with E-state index in [1.807, 2.05) is 48.5 Å². The van der Waals surface area contributed by atoms with Crippen molar-refractivity contribution in [1.82, 2.24) is 5.32 Å². The number of amides is 2. The number of urea groups is 1. The van der Waals surface area contributed by atoms with Gasteiger partial charge in [-0.2, -0.15) is 0 Å². The third-order valence-corrected chi connectivity index (χ3v) is 2.94. The smallest absolute Gasteiger partial charge is 0.319 e. The lowest BCUT2D eigenvalue weighted by molar-refractivity contribution is 0.146. The van der Waals surface area contributed by atoms with Gasteiger partial charge in [0.1, 0.15) is 12.4 Å². The highest BCUT2D eigenvalue weighted by atomic mass is 16.5. The third-order valence-electron chi connectivity index (χ3n) is 2.94. The van der Waals surface area contributed by atoms with Gasteiger partial charge >= 0.3 is 6.03 Å². The highest BCUT2D eigenvalue weighted by Crippen LogP contribution is 2.17. The van der Waals surface area contributed by atoms with Crippen LogP contribution in [0.5, 0.6) is 5.75 Å². The fourth-order valence-electron chi connectivity index (χ4n) is 1.86. The van der Waals surface area contributed by atoms with Crippen molar-refractivity contribution in [3.05, 3.63) is 60.2 Å². The average Bonchev–Trinajstić information content (AvgIpc) is 2.55. The topological polar surface area (TPSA) is 59.6 Å². The van der Waals surface area contributed by atoms with Gasteiger partial charge in [0, 0.05) is 25.4 Å². The normalized spacial score (nSPS) is 10.0. The van der Waals surface area contributed by atoms with Gasteiger partial charge < -0.3 is 20.1 Å². The number of nitrogens with one attached hydrogen (secondary N) is 2. The van der Waals surface area contributed by atoms with Crippen LogP contribution < -0.4 is 15.4 Å². The molecule has 0 aliphatic heterocycles.